The van der Waals surface area contributed by atoms with Crippen LogP contribution in [0.25, 0.3) is 0 Å². The topological polar surface area (TPSA) is 83.7 Å². The minimum atomic E-state index is -0.238. The van der Waals surface area contributed by atoms with Crippen LogP contribution in [0.3, 0.4) is 0 Å². The van der Waals surface area contributed by atoms with E-state index in [1.54, 1.807) is 18.0 Å². The Labute approximate surface area is 169 Å². The van der Waals surface area contributed by atoms with E-state index in [9.17, 15) is 14.4 Å². The molecule has 7 nitrogen and oxygen atoms in total. The van der Waals surface area contributed by atoms with E-state index >= 15 is 0 Å². The summed E-state index contributed by atoms with van der Waals surface area (Å²) in [5.41, 5.74) is 0.703. The highest BCUT2D eigenvalue weighted by Crippen LogP contribution is 2.40. The van der Waals surface area contributed by atoms with Gasteiger partial charge in [0.15, 0.2) is 11.2 Å². The van der Waals surface area contributed by atoms with Crippen LogP contribution in [-0.2, 0) is 11.3 Å². The van der Waals surface area contributed by atoms with Gasteiger partial charge in [-0.3, -0.25) is 19.4 Å². The van der Waals surface area contributed by atoms with Crippen LogP contribution in [0.1, 0.15) is 47.7 Å². The minimum Gasteiger partial charge on any atom is -0.456 e. The molecule has 0 N–H and O–H groups in total. The van der Waals surface area contributed by atoms with Gasteiger partial charge in [0.1, 0.15) is 5.76 Å². The van der Waals surface area contributed by atoms with Gasteiger partial charge in [0, 0.05) is 44.4 Å². The molecule has 2 fully saturated rings. The molecule has 0 aliphatic carbocycles. The largest absolute Gasteiger partial charge is 0.456 e. The molecule has 2 aliphatic rings. The summed E-state index contributed by atoms with van der Waals surface area (Å²) >= 11 is 0. The van der Waals surface area contributed by atoms with Crippen LogP contribution in [0.15, 0.2) is 45.7 Å². The van der Waals surface area contributed by atoms with E-state index < -0.39 is 0 Å². The van der Waals surface area contributed by atoms with Gasteiger partial charge in [-0.25, -0.2) is 0 Å². The van der Waals surface area contributed by atoms with Crippen molar-refractivity contribution in [3.8, 4) is 0 Å². The predicted octanol–water partition coefficient (Wildman–Crippen LogP) is 2.39. The monoisotopic (exact) mass is 395 g/mol. The minimum absolute atomic E-state index is 0.0346. The smallest absolute Gasteiger partial charge is 0.289 e. The molecule has 29 heavy (non-hydrogen) atoms. The van der Waals surface area contributed by atoms with Gasteiger partial charge in [-0.05, 0) is 43.7 Å². The van der Waals surface area contributed by atoms with Crippen molar-refractivity contribution in [1.29, 1.82) is 0 Å². The molecule has 2 aromatic heterocycles. The molecule has 0 bridgehead atoms. The summed E-state index contributed by atoms with van der Waals surface area (Å²) in [6.07, 6.45) is 4.80. The molecule has 4 rings (SSSR count). The summed E-state index contributed by atoms with van der Waals surface area (Å²) in [6.45, 7) is 4.09. The fourth-order valence-electron chi connectivity index (χ4n) is 4.39. The summed E-state index contributed by atoms with van der Waals surface area (Å²) in [5, 5.41) is 0. The highest BCUT2D eigenvalue weighted by molar-refractivity contribution is 5.91. The molecule has 2 aromatic rings. The Morgan fingerprint density at radius 2 is 1.97 bits per heavy atom. The first kappa shape index (κ1) is 19.4. The number of hydrogen-bond donors (Lipinski definition) is 0. The maximum Gasteiger partial charge on any atom is 0.289 e. The number of amides is 2. The molecule has 0 saturated carbocycles. The Hall–Kier alpha value is -2.96. The average molecular weight is 395 g/mol. The Bertz CT molecular complexity index is 962. The van der Waals surface area contributed by atoms with E-state index in [1.807, 2.05) is 23.1 Å². The van der Waals surface area contributed by atoms with Crippen LogP contribution >= 0.6 is 0 Å². The van der Waals surface area contributed by atoms with E-state index in [4.69, 9.17) is 4.42 Å². The number of carbonyl (C=O) groups is 2. The van der Waals surface area contributed by atoms with Crippen LogP contribution in [0, 0.1) is 12.3 Å². The normalized spacial score (nSPS) is 18.9. The third-order valence-electron chi connectivity index (χ3n) is 6.04. The quantitative estimate of drug-likeness (QED) is 0.797. The number of carbonyl (C=O) groups excluding carboxylic acids is 2. The third-order valence-corrected chi connectivity index (χ3v) is 6.04. The number of piperidine rings is 2. The summed E-state index contributed by atoms with van der Waals surface area (Å²) < 4.78 is 5.46. The van der Waals surface area contributed by atoms with Crippen molar-refractivity contribution in [2.24, 2.45) is 5.41 Å². The lowest BCUT2D eigenvalue weighted by atomic mass is 9.72. The van der Waals surface area contributed by atoms with Crippen LogP contribution in [-0.4, -0.2) is 46.2 Å². The van der Waals surface area contributed by atoms with Crippen molar-refractivity contribution in [2.75, 3.05) is 19.6 Å². The van der Waals surface area contributed by atoms with Crippen molar-refractivity contribution in [3.05, 3.63) is 64.0 Å². The zero-order chi connectivity index (χ0) is 20.4. The van der Waals surface area contributed by atoms with Crippen LogP contribution in [0.5, 0.6) is 0 Å². The number of likely N-dealkylation sites (tertiary alicyclic amines) is 2. The van der Waals surface area contributed by atoms with E-state index in [1.165, 1.54) is 12.1 Å². The van der Waals surface area contributed by atoms with E-state index in [0.29, 0.717) is 38.4 Å². The van der Waals surface area contributed by atoms with Gasteiger partial charge >= 0.3 is 0 Å². The maximum atomic E-state index is 12.8. The molecule has 7 heteroatoms. The first-order valence-electron chi connectivity index (χ1n) is 10.0. The number of pyridine rings is 1. The number of aromatic nitrogens is 1. The molecule has 0 unspecified atom stereocenters. The van der Waals surface area contributed by atoms with Gasteiger partial charge in [-0.1, -0.05) is 6.07 Å². The second-order valence-electron chi connectivity index (χ2n) is 8.13. The molecule has 0 aromatic carbocycles. The Kier molecular flexibility index (Phi) is 5.22. The van der Waals surface area contributed by atoms with E-state index in [0.717, 1.165) is 25.0 Å². The van der Waals surface area contributed by atoms with Crippen molar-refractivity contribution in [2.45, 2.75) is 39.2 Å². The Morgan fingerprint density at radius 3 is 2.66 bits per heavy atom. The number of aryl methyl sites for hydroxylation is 1. The molecule has 2 amide bonds. The Morgan fingerprint density at radius 1 is 1.17 bits per heavy atom. The van der Waals surface area contributed by atoms with Crippen molar-refractivity contribution < 1.29 is 14.0 Å². The van der Waals surface area contributed by atoms with Gasteiger partial charge in [-0.2, -0.15) is 0 Å². The lowest BCUT2D eigenvalue weighted by Gasteiger charge is -2.47. The fourth-order valence-corrected chi connectivity index (χ4v) is 4.39. The Balaban J connectivity index is 1.42. The highest BCUT2D eigenvalue weighted by Gasteiger charge is 2.42. The highest BCUT2D eigenvalue weighted by atomic mass is 16.3. The number of rotatable bonds is 3. The third kappa shape index (κ3) is 4.23. The SMILES string of the molecule is Cc1cc(=O)cc(C(=O)N2CCC3(CCC(=O)N(Cc4ccccn4)C3)CC2)o1. The van der Waals surface area contributed by atoms with Crippen LogP contribution < -0.4 is 5.43 Å². The number of hydrogen-bond acceptors (Lipinski definition) is 5. The first-order valence-corrected chi connectivity index (χ1v) is 10.0. The van der Waals surface area contributed by atoms with Crippen LogP contribution in [0.2, 0.25) is 0 Å². The molecule has 2 aliphatic heterocycles. The maximum absolute atomic E-state index is 12.8. The molecule has 1 spiro atoms. The molecule has 0 atom stereocenters. The molecule has 2 saturated heterocycles. The summed E-state index contributed by atoms with van der Waals surface area (Å²) in [6, 6.07) is 8.36. The van der Waals surface area contributed by atoms with E-state index in [-0.39, 0.29) is 28.4 Å². The first-order chi connectivity index (χ1) is 13.9. The molecular formula is C22H25N3O4. The molecular weight excluding hydrogens is 370 g/mol. The van der Waals surface area contributed by atoms with Crippen molar-refractivity contribution in [1.82, 2.24) is 14.8 Å². The zero-order valence-electron chi connectivity index (χ0n) is 16.6. The van der Waals surface area contributed by atoms with Crippen LogP contribution in [0.4, 0.5) is 0 Å². The van der Waals surface area contributed by atoms with E-state index in [2.05, 4.69) is 4.98 Å². The van der Waals surface area contributed by atoms with Crippen molar-refractivity contribution in [3.63, 3.8) is 0 Å². The van der Waals surface area contributed by atoms with Gasteiger partial charge in [0.2, 0.25) is 5.91 Å². The summed E-state index contributed by atoms with van der Waals surface area (Å²) in [5.74, 6) is 0.464. The average Bonchev–Trinajstić information content (AvgIpc) is 2.71. The standard InChI is InChI=1S/C22H25N3O4/c1-16-12-18(26)13-19(29-16)21(28)24-10-7-22(8-11-24)6-5-20(27)25(15-22)14-17-4-2-3-9-23-17/h2-4,9,12-13H,5-8,10-11,14-15H2,1H3. The molecule has 0 radical (unpaired) electrons. The van der Waals surface area contributed by atoms with Crippen molar-refractivity contribution >= 4 is 11.8 Å². The number of nitrogens with zero attached hydrogens (tertiary/aromatic N) is 3. The van der Waals surface area contributed by atoms with Gasteiger partial charge < -0.3 is 14.2 Å². The zero-order valence-corrected chi connectivity index (χ0v) is 16.6. The second kappa shape index (κ2) is 7.81. The lowest BCUT2D eigenvalue weighted by molar-refractivity contribution is -0.139. The summed E-state index contributed by atoms with van der Waals surface area (Å²) in [7, 11) is 0. The summed E-state index contributed by atoms with van der Waals surface area (Å²) in [4.78, 5) is 44.9. The van der Waals surface area contributed by atoms with Gasteiger partial charge in [0.25, 0.3) is 5.91 Å². The van der Waals surface area contributed by atoms with Gasteiger partial charge in [0.05, 0.1) is 12.2 Å². The molecule has 4 heterocycles. The van der Waals surface area contributed by atoms with Gasteiger partial charge in [-0.15, -0.1) is 0 Å². The second-order valence-corrected chi connectivity index (χ2v) is 8.13. The predicted molar refractivity (Wildman–Crippen MR) is 106 cm³/mol. The fraction of sp³-hybridized carbons (Fsp3) is 0.455. The lowest BCUT2D eigenvalue weighted by Crippen LogP contribution is -2.52. The molecule has 152 valence electrons.